The molecule has 0 saturated carbocycles. The number of carbonyl (C=O) groups excluding carboxylic acids is 1. The monoisotopic (exact) mass is 309 g/mol. The van der Waals surface area contributed by atoms with Crippen LogP contribution in [0.15, 0.2) is 35.3 Å². The van der Waals surface area contributed by atoms with Crippen molar-refractivity contribution in [2.45, 2.75) is 38.1 Å². The fourth-order valence-corrected chi connectivity index (χ4v) is 3.72. The van der Waals surface area contributed by atoms with Crippen LogP contribution in [0.4, 0.5) is 0 Å². The van der Waals surface area contributed by atoms with Crippen molar-refractivity contribution in [1.82, 2.24) is 14.9 Å². The normalized spacial score (nSPS) is 19.8. The van der Waals surface area contributed by atoms with Crippen molar-refractivity contribution in [2.24, 2.45) is 0 Å². The number of hydrogen-bond acceptors (Lipinski definition) is 3. The molecule has 1 saturated heterocycles. The van der Waals surface area contributed by atoms with Gasteiger partial charge in [-0.3, -0.25) is 14.6 Å². The van der Waals surface area contributed by atoms with Crippen molar-refractivity contribution in [3.63, 3.8) is 0 Å². The summed E-state index contributed by atoms with van der Waals surface area (Å²) in [4.78, 5) is 34.3. The van der Waals surface area contributed by atoms with Gasteiger partial charge in [0.1, 0.15) is 5.56 Å². The Bertz CT molecular complexity index is 798. The number of carbonyl (C=O) groups is 1. The number of pyridine rings is 2. The van der Waals surface area contributed by atoms with E-state index in [1.807, 2.05) is 18.2 Å². The summed E-state index contributed by atoms with van der Waals surface area (Å²) in [5.74, 6) is -0.172. The van der Waals surface area contributed by atoms with E-state index in [2.05, 4.69) is 9.97 Å². The molecule has 1 fully saturated rings. The predicted molar refractivity (Wildman–Crippen MR) is 86.3 cm³/mol. The lowest BCUT2D eigenvalue weighted by Crippen LogP contribution is -2.35. The van der Waals surface area contributed by atoms with Crippen LogP contribution in [0.25, 0.3) is 0 Å². The number of aromatic nitrogens is 2. The average Bonchev–Trinajstić information content (AvgIpc) is 3.23. The number of H-pyrrole nitrogens is 1. The maximum absolute atomic E-state index is 12.9. The lowest BCUT2D eigenvalue weighted by molar-refractivity contribution is 0.0731. The van der Waals surface area contributed by atoms with Crippen molar-refractivity contribution in [1.29, 1.82) is 0 Å². The van der Waals surface area contributed by atoms with Crippen molar-refractivity contribution in [2.75, 3.05) is 6.54 Å². The van der Waals surface area contributed by atoms with Gasteiger partial charge in [0.15, 0.2) is 0 Å². The molecule has 4 rings (SSSR count). The topological polar surface area (TPSA) is 66.1 Å². The standard InChI is InChI=1S/C18H19N3O2/c22-17-13(11-12-5-3-7-14(12)20-17)18(23)21-10-4-8-16(21)15-6-1-2-9-19-15/h1-2,6,9,11,16H,3-5,7-8,10H2,(H,20,22)/t16-/m1/s1. The summed E-state index contributed by atoms with van der Waals surface area (Å²) in [7, 11) is 0. The summed E-state index contributed by atoms with van der Waals surface area (Å²) in [5.41, 5.74) is 3.02. The van der Waals surface area contributed by atoms with E-state index in [1.165, 1.54) is 0 Å². The molecular weight excluding hydrogens is 290 g/mol. The molecule has 5 nitrogen and oxygen atoms in total. The predicted octanol–water partition coefficient (Wildman–Crippen LogP) is 2.24. The van der Waals surface area contributed by atoms with Crippen LogP contribution in [0.2, 0.25) is 0 Å². The highest BCUT2D eigenvalue weighted by Gasteiger charge is 2.33. The van der Waals surface area contributed by atoms with E-state index in [9.17, 15) is 9.59 Å². The van der Waals surface area contributed by atoms with Crippen LogP contribution in [0.5, 0.6) is 0 Å². The summed E-state index contributed by atoms with van der Waals surface area (Å²) in [6.45, 7) is 0.677. The minimum absolute atomic E-state index is 0.0312. The van der Waals surface area contributed by atoms with Crippen LogP contribution in [-0.4, -0.2) is 27.3 Å². The number of likely N-dealkylation sites (tertiary alicyclic amines) is 1. The van der Waals surface area contributed by atoms with E-state index in [-0.39, 0.29) is 23.1 Å². The smallest absolute Gasteiger partial charge is 0.261 e. The second-order valence-corrected chi connectivity index (χ2v) is 6.28. The highest BCUT2D eigenvalue weighted by atomic mass is 16.2. The second kappa shape index (κ2) is 5.65. The van der Waals surface area contributed by atoms with E-state index in [4.69, 9.17) is 0 Å². The van der Waals surface area contributed by atoms with Crippen LogP contribution in [0, 0.1) is 0 Å². The first-order chi connectivity index (χ1) is 11.2. The maximum atomic E-state index is 12.9. The Kier molecular flexibility index (Phi) is 3.48. The van der Waals surface area contributed by atoms with Crippen molar-refractivity contribution >= 4 is 5.91 Å². The number of aryl methyl sites for hydroxylation is 2. The lowest BCUT2D eigenvalue weighted by atomic mass is 10.1. The third kappa shape index (κ3) is 2.46. The summed E-state index contributed by atoms with van der Waals surface area (Å²) in [5, 5.41) is 0. The van der Waals surface area contributed by atoms with E-state index < -0.39 is 0 Å². The zero-order valence-electron chi connectivity index (χ0n) is 12.9. The number of fused-ring (bicyclic) bond motifs is 1. The first-order valence-electron chi connectivity index (χ1n) is 8.21. The Morgan fingerprint density at radius 3 is 3.00 bits per heavy atom. The highest BCUT2D eigenvalue weighted by Crippen LogP contribution is 2.31. The van der Waals surface area contributed by atoms with Gasteiger partial charge in [-0.25, -0.2) is 0 Å². The van der Waals surface area contributed by atoms with Crippen LogP contribution >= 0.6 is 0 Å². The minimum Gasteiger partial charge on any atom is -0.330 e. The largest absolute Gasteiger partial charge is 0.330 e. The zero-order chi connectivity index (χ0) is 15.8. The average molecular weight is 309 g/mol. The highest BCUT2D eigenvalue weighted by molar-refractivity contribution is 5.94. The maximum Gasteiger partial charge on any atom is 0.261 e. The Morgan fingerprint density at radius 2 is 2.17 bits per heavy atom. The zero-order valence-corrected chi connectivity index (χ0v) is 12.9. The molecule has 0 unspecified atom stereocenters. The third-order valence-electron chi connectivity index (χ3n) is 4.86. The van der Waals surface area contributed by atoms with Gasteiger partial charge < -0.3 is 9.88 Å². The quantitative estimate of drug-likeness (QED) is 0.925. The molecule has 118 valence electrons. The Morgan fingerprint density at radius 1 is 1.26 bits per heavy atom. The Labute approximate surface area is 134 Å². The molecule has 2 aliphatic rings. The molecular formula is C18H19N3O2. The molecule has 1 atom stereocenters. The number of nitrogens with zero attached hydrogens (tertiary/aromatic N) is 2. The van der Waals surface area contributed by atoms with Gasteiger partial charge in [0.25, 0.3) is 11.5 Å². The van der Waals surface area contributed by atoms with E-state index >= 15 is 0 Å². The summed E-state index contributed by atoms with van der Waals surface area (Å²) in [6, 6.07) is 7.53. The third-order valence-corrected chi connectivity index (χ3v) is 4.86. The molecule has 3 heterocycles. The Hall–Kier alpha value is -2.43. The molecule has 2 aromatic rings. The molecule has 0 spiro atoms. The van der Waals surface area contributed by atoms with Crippen LogP contribution < -0.4 is 5.56 Å². The van der Waals surface area contributed by atoms with Crippen LogP contribution in [0.1, 0.15) is 52.6 Å². The molecule has 5 heteroatoms. The number of hydrogen-bond donors (Lipinski definition) is 1. The van der Waals surface area contributed by atoms with Crippen LogP contribution in [-0.2, 0) is 12.8 Å². The summed E-state index contributed by atoms with van der Waals surface area (Å²) >= 11 is 0. The summed E-state index contributed by atoms with van der Waals surface area (Å²) in [6.07, 6.45) is 6.47. The molecule has 1 amide bonds. The molecule has 0 bridgehead atoms. The SMILES string of the molecule is O=C(c1cc2c([nH]c1=O)CCC2)N1CCC[C@@H]1c1ccccn1. The van der Waals surface area contributed by atoms with Gasteiger partial charge in [0.2, 0.25) is 0 Å². The van der Waals surface area contributed by atoms with Gasteiger partial charge in [-0.2, -0.15) is 0 Å². The van der Waals surface area contributed by atoms with Gasteiger partial charge in [-0.15, -0.1) is 0 Å². The number of nitrogens with one attached hydrogen (secondary N) is 1. The molecule has 2 aromatic heterocycles. The number of rotatable bonds is 2. The Balaban J connectivity index is 1.68. The van der Waals surface area contributed by atoms with Gasteiger partial charge in [-0.1, -0.05) is 6.07 Å². The fourth-order valence-electron chi connectivity index (χ4n) is 3.72. The van der Waals surface area contributed by atoms with Crippen molar-refractivity contribution in [3.05, 3.63) is 63.3 Å². The van der Waals surface area contributed by atoms with Crippen molar-refractivity contribution in [3.8, 4) is 0 Å². The molecule has 0 radical (unpaired) electrons. The molecule has 1 N–H and O–H groups in total. The van der Waals surface area contributed by atoms with Crippen LogP contribution in [0.3, 0.4) is 0 Å². The van der Waals surface area contributed by atoms with Gasteiger partial charge in [0, 0.05) is 18.4 Å². The van der Waals surface area contributed by atoms with Gasteiger partial charge >= 0.3 is 0 Å². The molecule has 0 aromatic carbocycles. The summed E-state index contributed by atoms with van der Waals surface area (Å²) < 4.78 is 0. The lowest BCUT2D eigenvalue weighted by Gasteiger charge is -2.24. The molecule has 1 aliphatic carbocycles. The van der Waals surface area contributed by atoms with E-state index in [0.717, 1.165) is 49.1 Å². The molecule has 23 heavy (non-hydrogen) atoms. The number of aromatic amines is 1. The van der Waals surface area contributed by atoms with E-state index in [0.29, 0.717) is 6.54 Å². The van der Waals surface area contributed by atoms with Gasteiger partial charge in [-0.05, 0) is 55.9 Å². The molecule has 1 aliphatic heterocycles. The van der Waals surface area contributed by atoms with Crippen molar-refractivity contribution < 1.29 is 4.79 Å². The first-order valence-corrected chi connectivity index (χ1v) is 8.21. The van der Waals surface area contributed by atoms with E-state index in [1.54, 1.807) is 17.2 Å². The van der Waals surface area contributed by atoms with Gasteiger partial charge in [0.05, 0.1) is 11.7 Å². The first kappa shape index (κ1) is 14.2. The fraction of sp³-hybridized carbons (Fsp3) is 0.389. The number of amides is 1. The minimum atomic E-state index is -0.262. The second-order valence-electron chi connectivity index (χ2n) is 6.28.